The van der Waals surface area contributed by atoms with Crippen LogP contribution in [0.1, 0.15) is 18.7 Å². The number of aromatic nitrogens is 5. The second-order valence-corrected chi connectivity index (χ2v) is 5.10. The molecule has 0 unspecified atom stereocenters. The van der Waals surface area contributed by atoms with Gasteiger partial charge in [-0.2, -0.15) is 4.80 Å². The molecule has 0 bridgehead atoms. The molecule has 3 rings (SSSR count). The molecular formula is C13H17FN6O. The maximum Gasteiger partial charge on any atom is 0.250 e. The van der Waals surface area contributed by atoms with Gasteiger partial charge in [0.1, 0.15) is 6.10 Å². The number of hydrogen-bond acceptors (Lipinski definition) is 6. The van der Waals surface area contributed by atoms with Crippen molar-refractivity contribution in [2.24, 2.45) is 7.05 Å². The minimum atomic E-state index is -0.426. The summed E-state index contributed by atoms with van der Waals surface area (Å²) in [6.07, 6.45) is 3.34. The van der Waals surface area contributed by atoms with Gasteiger partial charge < -0.3 is 4.74 Å². The van der Waals surface area contributed by atoms with Crippen LogP contribution in [-0.2, 0) is 13.6 Å². The van der Waals surface area contributed by atoms with Gasteiger partial charge >= 0.3 is 0 Å². The Morgan fingerprint density at radius 2 is 2.38 bits per heavy atom. The van der Waals surface area contributed by atoms with E-state index in [0.717, 1.165) is 19.4 Å². The van der Waals surface area contributed by atoms with Crippen LogP contribution in [0.4, 0.5) is 4.39 Å². The lowest BCUT2D eigenvalue weighted by atomic mass is 10.1. The first-order valence-corrected chi connectivity index (χ1v) is 6.93. The van der Waals surface area contributed by atoms with Crippen molar-refractivity contribution in [3.8, 4) is 5.88 Å². The molecule has 2 aromatic rings. The molecule has 112 valence electrons. The van der Waals surface area contributed by atoms with E-state index in [-0.39, 0.29) is 12.0 Å². The lowest BCUT2D eigenvalue weighted by Gasteiger charge is -2.31. The molecule has 0 N–H and O–H groups in total. The Balaban J connectivity index is 1.59. The van der Waals surface area contributed by atoms with E-state index in [1.165, 1.54) is 17.1 Å². The van der Waals surface area contributed by atoms with Crippen molar-refractivity contribution in [3.63, 3.8) is 0 Å². The van der Waals surface area contributed by atoms with E-state index >= 15 is 0 Å². The lowest BCUT2D eigenvalue weighted by molar-refractivity contribution is 0.0760. The van der Waals surface area contributed by atoms with Crippen LogP contribution >= 0.6 is 0 Å². The highest BCUT2D eigenvalue weighted by Gasteiger charge is 2.23. The fraction of sp³-hybridized carbons (Fsp3) is 0.538. The predicted molar refractivity (Wildman–Crippen MR) is 71.9 cm³/mol. The summed E-state index contributed by atoms with van der Waals surface area (Å²) in [7, 11) is 1.74. The normalized spacial score (nSPS) is 19.6. The molecule has 0 saturated carbocycles. The zero-order valence-corrected chi connectivity index (χ0v) is 11.8. The SMILES string of the molecule is Cn1nnc(CN2CCC[C@H](Oc3ncccc3F)C2)n1. The first-order chi connectivity index (χ1) is 10.2. The van der Waals surface area contributed by atoms with E-state index in [2.05, 4.69) is 25.3 Å². The van der Waals surface area contributed by atoms with Crippen LogP contribution in [0, 0.1) is 5.82 Å². The molecule has 7 nitrogen and oxygen atoms in total. The molecule has 1 aliphatic rings. The van der Waals surface area contributed by atoms with E-state index in [9.17, 15) is 4.39 Å². The van der Waals surface area contributed by atoms with Gasteiger partial charge in [0.25, 0.3) is 5.88 Å². The van der Waals surface area contributed by atoms with Gasteiger partial charge in [-0.25, -0.2) is 9.37 Å². The average Bonchev–Trinajstić information content (AvgIpc) is 2.87. The van der Waals surface area contributed by atoms with E-state index in [1.807, 2.05) is 0 Å². The molecule has 2 aromatic heterocycles. The number of ether oxygens (including phenoxy) is 1. The number of tetrazole rings is 1. The standard InChI is InChI=1S/C13H17FN6O/c1-19-17-12(16-18-19)9-20-7-3-4-10(8-20)21-13-11(14)5-2-6-15-13/h2,5-6,10H,3-4,7-9H2,1H3/t10-/m0/s1. The molecule has 3 heterocycles. The highest BCUT2D eigenvalue weighted by atomic mass is 19.1. The molecule has 0 aromatic carbocycles. The van der Waals surface area contributed by atoms with Gasteiger partial charge in [-0.1, -0.05) is 0 Å². The lowest BCUT2D eigenvalue weighted by Crippen LogP contribution is -2.41. The van der Waals surface area contributed by atoms with Crippen molar-refractivity contribution in [3.05, 3.63) is 30.0 Å². The Morgan fingerprint density at radius 3 is 3.14 bits per heavy atom. The summed E-state index contributed by atoms with van der Waals surface area (Å²) in [6.45, 7) is 2.27. The Bertz CT molecular complexity index is 604. The van der Waals surface area contributed by atoms with Crippen molar-refractivity contribution < 1.29 is 9.13 Å². The number of pyridine rings is 1. The van der Waals surface area contributed by atoms with Crippen molar-refractivity contribution in [2.75, 3.05) is 13.1 Å². The number of nitrogens with zero attached hydrogens (tertiary/aromatic N) is 6. The van der Waals surface area contributed by atoms with Crippen LogP contribution in [0.2, 0.25) is 0 Å². The van der Waals surface area contributed by atoms with Gasteiger partial charge in [-0.05, 0) is 36.7 Å². The largest absolute Gasteiger partial charge is 0.471 e. The van der Waals surface area contributed by atoms with Gasteiger partial charge in [0, 0.05) is 12.7 Å². The number of aryl methyl sites for hydroxylation is 1. The summed E-state index contributed by atoms with van der Waals surface area (Å²) in [6, 6.07) is 2.90. The van der Waals surface area contributed by atoms with Gasteiger partial charge in [-0.15, -0.1) is 10.2 Å². The number of piperidine rings is 1. The van der Waals surface area contributed by atoms with Crippen LogP contribution < -0.4 is 4.74 Å². The number of likely N-dealkylation sites (tertiary alicyclic amines) is 1. The van der Waals surface area contributed by atoms with Crippen LogP contribution in [-0.4, -0.2) is 49.3 Å². The highest BCUT2D eigenvalue weighted by Crippen LogP contribution is 2.19. The molecule has 1 fully saturated rings. The van der Waals surface area contributed by atoms with Gasteiger partial charge in [0.05, 0.1) is 13.6 Å². The number of rotatable bonds is 4. The summed E-state index contributed by atoms with van der Waals surface area (Å²) in [5.41, 5.74) is 0. The minimum absolute atomic E-state index is 0.0696. The van der Waals surface area contributed by atoms with E-state index in [4.69, 9.17) is 4.74 Å². The third-order valence-electron chi connectivity index (χ3n) is 3.38. The van der Waals surface area contributed by atoms with Crippen LogP contribution in [0.3, 0.4) is 0 Å². The Labute approximate surface area is 121 Å². The van der Waals surface area contributed by atoms with Gasteiger partial charge in [0.2, 0.25) is 0 Å². The first kappa shape index (κ1) is 13.9. The maximum absolute atomic E-state index is 13.6. The molecule has 0 spiro atoms. The molecule has 0 radical (unpaired) electrons. The molecular weight excluding hydrogens is 275 g/mol. The molecule has 21 heavy (non-hydrogen) atoms. The fourth-order valence-corrected chi connectivity index (χ4v) is 2.46. The molecule has 0 amide bonds. The topological polar surface area (TPSA) is 69.0 Å². The van der Waals surface area contributed by atoms with Crippen molar-refractivity contribution in [1.29, 1.82) is 0 Å². The summed E-state index contributed by atoms with van der Waals surface area (Å²) < 4.78 is 19.2. The summed E-state index contributed by atoms with van der Waals surface area (Å²) in [5, 5.41) is 12.0. The van der Waals surface area contributed by atoms with E-state index < -0.39 is 5.82 Å². The van der Waals surface area contributed by atoms with Crippen LogP contribution in [0.15, 0.2) is 18.3 Å². The second kappa shape index (κ2) is 6.13. The quantitative estimate of drug-likeness (QED) is 0.830. The second-order valence-electron chi connectivity index (χ2n) is 5.10. The zero-order valence-electron chi connectivity index (χ0n) is 11.8. The third-order valence-corrected chi connectivity index (χ3v) is 3.38. The van der Waals surface area contributed by atoms with Gasteiger partial charge in [0.15, 0.2) is 11.6 Å². The molecule has 1 aliphatic heterocycles. The third kappa shape index (κ3) is 3.52. The Morgan fingerprint density at radius 1 is 1.48 bits per heavy atom. The molecule has 1 saturated heterocycles. The molecule has 0 aliphatic carbocycles. The zero-order chi connectivity index (χ0) is 14.7. The van der Waals surface area contributed by atoms with Gasteiger partial charge in [-0.3, -0.25) is 4.90 Å². The number of hydrogen-bond donors (Lipinski definition) is 0. The average molecular weight is 292 g/mol. The summed E-state index contributed by atoms with van der Waals surface area (Å²) in [4.78, 5) is 7.56. The first-order valence-electron chi connectivity index (χ1n) is 6.93. The fourth-order valence-electron chi connectivity index (χ4n) is 2.46. The predicted octanol–water partition coefficient (Wildman–Crippen LogP) is 0.788. The van der Waals surface area contributed by atoms with Crippen LogP contribution in [0.25, 0.3) is 0 Å². The summed E-state index contributed by atoms with van der Waals surface area (Å²) >= 11 is 0. The van der Waals surface area contributed by atoms with Crippen molar-refractivity contribution >= 4 is 0 Å². The van der Waals surface area contributed by atoms with E-state index in [0.29, 0.717) is 18.9 Å². The van der Waals surface area contributed by atoms with Crippen molar-refractivity contribution in [1.82, 2.24) is 30.1 Å². The van der Waals surface area contributed by atoms with Crippen LogP contribution in [0.5, 0.6) is 5.88 Å². The highest BCUT2D eigenvalue weighted by molar-refractivity contribution is 5.13. The smallest absolute Gasteiger partial charge is 0.250 e. The van der Waals surface area contributed by atoms with E-state index in [1.54, 1.807) is 13.1 Å². The summed E-state index contributed by atoms with van der Waals surface area (Å²) in [5.74, 6) is 0.328. The van der Waals surface area contributed by atoms with Crippen molar-refractivity contribution in [2.45, 2.75) is 25.5 Å². The molecule has 8 heteroatoms. The number of halogens is 1. The maximum atomic E-state index is 13.6. The monoisotopic (exact) mass is 292 g/mol. The Kier molecular flexibility index (Phi) is 4.05. The minimum Gasteiger partial charge on any atom is -0.471 e. The molecule has 1 atom stereocenters. The Hall–Kier alpha value is -2.09.